The Kier molecular flexibility index (Phi) is 3.80. The largest absolute Gasteiger partial charge is 0.479 e. The van der Waals surface area contributed by atoms with Gasteiger partial charge < -0.3 is 5.11 Å². The predicted octanol–water partition coefficient (Wildman–Crippen LogP) is 2.92. The molecule has 9 heteroatoms. The Labute approximate surface area is 122 Å². The van der Waals surface area contributed by atoms with E-state index in [1.165, 1.54) is 16.0 Å². The number of aliphatic carboxylic acids is 1. The van der Waals surface area contributed by atoms with Gasteiger partial charge in [-0.05, 0) is 29.8 Å². The van der Waals surface area contributed by atoms with Gasteiger partial charge in [0, 0.05) is 0 Å². The van der Waals surface area contributed by atoms with Gasteiger partial charge in [-0.2, -0.15) is 0 Å². The first-order chi connectivity index (χ1) is 8.90. The smallest absolute Gasteiger partial charge is 0.331 e. The molecule has 2 heterocycles. The molecule has 1 N–H and O–H groups in total. The molecule has 0 saturated carbocycles. The number of tetrazole rings is 1. The number of carboxylic acid groups (broad SMARTS) is 1. The van der Waals surface area contributed by atoms with Gasteiger partial charge in [0.1, 0.15) is 4.34 Å². The fraction of sp³-hybridized carbons (Fsp3) is 0.400. The molecule has 0 aliphatic rings. The lowest BCUT2D eigenvalue weighted by Crippen LogP contribution is -2.39. The number of hydrogen-bond donors (Lipinski definition) is 1. The van der Waals surface area contributed by atoms with Crippen molar-refractivity contribution in [1.82, 2.24) is 20.2 Å². The molecule has 0 spiro atoms. The lowest BCUT2D eigenvalue weighted by Gasteiger charge is -2.23. The maximum Gasteiger partial charge on any atom is 0.331 e. The van der Waals surface area contributed by atoms with Crippen LogP contribution < -0.4 is 0 Å². The lowest BCUT2D eigenvalue weighted by molar-refractivity contribution is -0.147. The highest BCUT2D eigenvalue weighted by Crippen LogP contribution is 2.38. The molecule has 102 valence electrons. The number of hydrogen-bond acceptors (Lipinski definition) is 5. The summed E-state index contributed by atoms with van der Waals surface area (Å²) in [5.74, 6) is -0.721. The van der Waals surface area contributed by atoms with Crippen LogP contribution in [0, 0.1) is 0 Å². The van der Waals surface area contributed by atoms with Crippen LogP contribution >= 0.6 is 34.5 Å². The second kappa shape index (κ2) is 5.07. The summed E-state index contributed by atoms with van der Waals surface area (Å²) in [6, 6.07) is 1.62. The molecule has 0 bridgehead atoms. The molecule has 1 atom stereocenters. The highest BCUT2D eigenvalue weighted by molar-refractivity contribution is 7.20. The summed E-state index contributed by atoms with van der Waals surface area (Å²) in [7, 11) is 0. The standard InChI is InChI=1S/C10H10Cl2N4O2S/c1-3-10(2,9(17)18)16-8(13-14-15-16)5-4-6(11)19-7(5)12/h4H,3H2,1-2H3,(H,17,18). The van der Waals surface area contributed by atoms with E-state index in [2.05, 4.69) is 15.5 Å². The van der Waals surface area contributed by atoms with Crippen molar-refractivity contribution in [3.63, 3.8) is 0 Å². The molecular formula is C10H10Cl2N4O2S. The van der Waals surface area contributed by atoms with Crippen LogP contribution in [0.3, 0.4) is 0 Å². The first kappa shape index (κ1) is 14.2. The number of nitrogens with zero attached hydrogens (tertiary/aromatic N) is 4. The molecule has 2 aromatic rings. The Morgan fingerprint density at radius 3 is 2.74 bits per heavy atom. The third kappa shape index (κ3) is 2.33. The summed E-state index contributed by atoms with van der Waals surface area (Å²) in [6.07, 6.45) is 0.329. The van der Waals surface area contributed by atoms with Crippen LogP contribution in [0.1, 0.15) is 20.3 Å². The summed E-state index contributed by atoms with van der Waals surface area (Å²) < 4.78 is 2.17. The monoisotopic (exact) mass is 320 g/mol. The van der Waals surface area contributed by atoms with Crippen molar-refractivity contribution < 1.29 is 9.90 Å². The van der Waals surface area contributed by atoms with Crippen molar-refractivity contribution in [3.05, 3.63) is 14.7 Å². The van der Waals surface area contributed by atoms with Crippen molar-refractivity contribution in [2.45, 2.75) is 25.8 Å². The Morgan fingerprint density at radius 1 is 1.58 bits per heavy atom. The van der Waals surface area contributed by atoms with E-state index in [1.807, 2.05) is 0 Å². The van der Waals surface area contributed by atoms with Gasteiger partial charge in [-0.15, -0.1) is 16.4 Å². The van der Waals surface area contributed by atoms with E-state index in [4.69, 9.17) is 23.2 Å². The Morgan fingerprint density at radius 2 is 2.26 bits per heavy atom. The minimum atomic E-state index is -1.24. The zero-order valence-corrected chi connectivity index (χ0v) is 12.4. The summed E-state index contributed by atoms with van der Waals surface area (Å²) in [5.41, 5.74) is -0.709. The van der Waals surface area contributed by atoms with E-state index in [9.17, 15) is 9.90 Å². The normalized spacial score (nSPS) is 14.3. The van der Waals surface area contributed by atoms with Gasteiger partial charge in [-0.3, -0.25) is 0 Å². The zero-order chi connectivity index (χ0) is 14.2. The molecule has 0 aromatic carbocycles. The minimum absolute atomic E-state index is 0.292. The van der Waals surface area contributed by atoms with Crippen molar-refractivity contribution in [2.24, 2.45) is 0 Å². The fourth-order valence-corrected chi connectivity index (χ4v) is 3.03. The number of rotatable bonds is 4. The zero-order valence-electron chi connectivity index (χ0n) is 10.1. The van der Waals surface area contributed by atoms with E-state index in [0.29, 0.717) is 26.5 Å². The predicted molar refractivity (Wildman–Crippen MR) is 72.7 cm³/mol. The highest BCUT2D eigenvalue weighted by Gasteiger charge is 2.37. The van der Waals surface area contributed by atoms with E-state index in [1.54, 1.807) is 19.9 Å². The van der Waals surface area contributed by atoms with Gasteiger partial charge >= 0.3 is 5.97 Å². The first-order valence-corrected chi connectivity index (χ1v) is 6.95. The van der Waals surface area contributed by atoms with Crippen LogP contribution in [0.2, 0.25) is 8.67 Å². The summed E-state index contributed by atoms with van der Waals surface area (Å²) >= 11 is 13.1. The van der Waals surface area contributed by atoms with E-state index in [0.717, 1.165) is 0 Å². The Balaban J connectivity index is 2.60. The summed E-state index contributed by atoms with van der Waals surface area (Å²) in [5, 5.41) is 20.6. The maximum atomic E-state index is 11.5. The van der Waals surface area contributed by atoms with Crippen LogP contribution in [0.5, 0.6) is 0 Å². The molecule has 0 fully saturated rings. The second-order valence-corrected chi connectivity index (χ2v) is 6.37. The van der Waals surface area contributed by atoms with Gasteiger partial charge in [-0.1, -0.05) is 30.1 Å². The number of carboxylic acids is 1. The third-order valence-electron chi connectivity index (χ3n) is 2.98. The molecule has 6 nitrogen and oxygen atoms in total. The Hall–Kier alpha value is -1.18. The number of carbonyl (C=O) groups is 1. The van der Waals surface area contributed by atoms with Crippen LogP contribution in [0.4, 0.5) is 0 Å². The average Bonchev–Trinajstić information content (AvgIpc) is 2.94. The van der Waals surface area contributed by atoms with Crippen molar-refractivity contribution in [2.75, 3.05) is 0 Å². The minimum Gasteiger partial charge on any atom is -0.479 e. The first-order valence-electron chi connectivity index (χ1n) is 5.37. The molecule has 0 aliphatic heterocycles. The second-order valence-electron chi connectivity index (χ2n) is 4.08. The van der Waals surface area contributed by atoms with Crippen LogP contribution in [-0.2, 0) is 10.3 Å². The molecule has 1 unspecified atom stereocenters. The highest BCUT2D eigenvalue weighted by atomic mass is 35.5. The van der Waals surface area contributed by atoms with Gasteiger partial charge in [-0.25, -0.2) is 9.48 Å². The van der Waals surface area contributed by atoms with E-state index in [-0.39, 0.29) is 0 Å². The molecule has 0 amide bonds. The van der Waals surface area contributed by atoms with E-state index < -0.39 is 11.5 Å². The quantitative estimate of drug-likeness (QED) is 0.936. The topological polar surface area (TPSA) is 80.9 Å². The summed E-state index contributed by atoms with van der Waals surface area (Å²) in [6.45, 7) is 3.30. The van der Waals surface area contributed by atoms with Gasteiger partial charge in [0.05, 0.1) is 9.90 Å². The Bertz CT molecular complexity index is 627. The third-order valence-corrected chi connectivity index (χ3v) is 4.47. The van der Waals surface area contributed by atoms with Gasteiger partial charge in [0.2, 0.25) is 0 Å². The average molecular weight is 321 g/mol. The SMILES string of the molecule is CCC(C)(C(=O)O)n1nnnc1-c1cc(Cl)sc1Cl. The van der Waals surface area contributed by atoms with Crippen LogP contribution in [0.15, 0.2) is 6.07 Å². The molecule has 0 radical (unpaired) electrons. The van der Waals surface area contributed by atoms with Crippen LogP contribution in [0.25, 0.3) is 11.4 Å². The van der Waals surface area contributed by atoms with Crippen LogP contribution in [-0.4, -0.2) is 31.3 Å². The lowest BCUT2D eigenvalue weighted by atomic mass is 9.99. The number of thiophene rings is 1. The maximum absolute atomic E-state index is 11.5. The van der Waals surface area contributed by atoms with E-state index >= 15 is 0 Å². The van der Waals surface area contributed by atoms with Crippen molar-refractivity contribution in [1.29, 1.82) is 0 Å². The molecule has 0 aliphatic carbocycles. The van der Waals surface area contributed by atoms with Crippen molar-refractivity contribution in [3.8, 4) is 11.4 Å². The van der Waals surface area contributed by atoms with Gasteiger partial charge in [0.15, 0.2) is 11.4 Å². The molecule has 2 aromatic heterocycles. The number of halogens is 2. The van der Waals surface area contributed by atoms with Gasteiger partial charge in [0.25, 0.3) is 0 Å². The fourth-order valence-electron chi connectivity index (χ4n) is 1.57. The molecule has 2 rings (SSSR count). The molecular weight excluding hydrogens is 311 g/mol. The summed E-state index contributed by atoms with van der Waals surface area (Å²) in [4.78, 5) is 11.5. The van der Waals surface area contributed by atoms with Crippen molar-refractivity contribution >= 4 is 40.5 Å². The molecule has 19 heavy (non-hydrogen) atoms. The molecule has 0 saturated heterocycles. The number of aromatic nitrogens is 4.